The number of para-hydroxylation sites is 1. The Bertz CT molecular complexity index is 846. The van der Waals surface area contributed by atoms with Crippen molar-refractivity contribution in [1.29, 1.82) is 0 Å². The minimum Gasteiger partial charge on any atom is -0.383 e. The van der Waals surface area contributed by atoms with E-state index in [1.165, 1.54) is 31.0 Å². The van der Waals surface area contributed by atoms with Gasteiger partial charge in [0.25, 0.3) is 5.56 Å². The van der Waals surface area contributed by atoms with Gasteiger partial charge in [-0.3, -0.25) is 14.2 Å². The summed E-state index contributed by atoms with van der Waals surface area (Å²) in [4.78, 5) is 30.0. The largest absolute Gasteiger partial charge is 0.383 e. The van der Waals surface area contributed by atoms with Crippen LogP contribution in [0.3, 0.4) is 0 Å². The smallest absolute Gasteiger partial charge is 0.262 e. The number of benzene rings is 1. The zero-order valence-corrected chi connectivity index (χ0v) is 16.8. The number of amides is 1. The fraction of sp³-hybridized carbons (Fsp3) is 0.550. The molecule has 0 radical (unpaired) electrons. The van der Waals surface area contributed by atoms with Crippen LogP contribution in [0, 0.1) is 0 Å². The minimum absolute atomic E-state index is 0.000234. The van der Waals surface area contributed by atoms with Crippen LogP contribution in [0.4, 0.5) is 0 Å². The lowest BCUT2D eigenvalue weighted by molar-refractivity contribution is -0.119. The van der Waals surface area contributed by atoms with Crippen LogP contribution in [0.1, 0.15) is 45.1 Å². The SMILES string of the molecule is COC[C@H](C)n1c(SCC(=O)NC2CCCCC2)nc2ccccc2c1=O. The number of carbonyl (C=O) groups excluding carboxylic acids is 1. The number of aromatic nitrogens is 2. The van der Waals surface area contributed by atoms with Crippen molar-refractivity contribution < 1.29 is 9.53 Å². The number of thioether (sulfide) groups is 1. The second-order valence-electron chi connectivity index (χ2n) is 7.08. The van der Waals surface area contributed by atoms with Crippen molar-refractivity contribution in [3.63, 3.8) is 0 Å². The van der Waals surface area contributed by atoms with Crippen LogP contribution in [0.25, 0.3) is 10.9 Å². The summed E-state index contributed by atoms with van der Waals surface area (Å²) < 4.78 is 6.87. The third-order valence-corrected chi connectivity index (χ3v) is 5.88. The van der Waals surface area contributed by atoms with Crippen LogP contribution < -0.4 is 10.9 Å². The molecule has 1 atom stereocenters. The van der Waals surface area contributed by atoms with Crippen LogP contribution in [0.5, 0.6) is 0 Å². The molecule has 27 heavy (non-hydrogen) atoms. The molecular weight excluding hydrogens is 362 g/mol. The van der Waals surface area contributed by atoms with Gasteiger partial charge in [-0.15, -0.1) is 0 Å². The van der Waals surface area contributed by atoms with E-state index in [1.807, 2.05) is 25.1 Å². The molecule has 1 aliphatic rings. The molecule has 7 heteroatoms. The molecule has 1 heterocycles. The Morgan fingerprint density at radius 3 is 2.81 bits per heavy atom. The first-order valence-electron chi connectivity index (χ1n) is 9.52. The van der Waals surface area contributed by atoms with Crippen molar-refractivity contribution in [1.82, 2.24) is 14.9 Å². The molecule has 0 unspecified atom stereocenters. The Kier molecular flexibility index (Phi) is 6.90. The summed E-state index contributed by atoms with van der Waals surface area (Å²) in [6, 6.07) is 7.43. The number of methoxy groups -OCH3 is 1. The van der Waals surface area contributed by atoms with E-state index in [9.17, 15) is 9.59 Å². The molecule has 1 aliphatic carbocycles. The van der Waals surface area contributed by atoms with Gasteiger partial charge >= 0.3 is 0 Å². The Labute approximate surface area is 163 Å². The van der Waals surface area contributed by atoms with Gasteiger partial charge in [0.2, 0.25) is 5.91 Å². The molecule has 3 rings (SSSR count). The lowest BCUT2D eigenvalue weighted by Crippen LogP contribution is -2.37. The first-order chi connectivity index (χ1) is 13.1. The first kappa shape index (κ1) is 19.9. The summed E-state index contributed by atoms with van der Waals surface area (Å²) in [5.41, 5.74) is 0.555. The van der Waals surface area contributed by atoms with E-state index in [0.717, 1.165) is 12.8 Å². The number of nitrogens with one attached hydrogen (secondary N) is 1. The number of nitrogens with zero attached hydrogens (tertiary/aromatic N) is 2. The highest BCUT2D eigenvalue weighted by Crippen LogP contribution is 2.22. The quantitative estimate of drug-likeness (QED) is 0.582. The van der Waals surface area contributed by atoms with Crippen molar-refractivity contribution in [2.75, 3.05) is 19.5 Å². The van der Waals surface area contributed by atoms with Crippen LogP contribution in [-0.4, -0.2) is 41.0 Å². The third-order valence-electron chi connectivity index (χ3n) is 4.93. The zero-order valence-electron chi connectivity index (χ0n) is 15.9. The maximum Gasteiger partial charge on any atom is 0.262 e. The summed E-state index contributed by atoms with van der Waals surface area (Å²) in [7, 11) is 1.61. The fourth-order valence-corrected chi connectivity index (χ4v) is 4.49. The number of rotatable bonds is 7. The van der Waals surface area contributed by atoms with Gasteiger partial charge in [-0.2, -0.15) is 0 Å². The van der Waals surface area contributed by atoms with Gasteiger partial charge in [0.05, 0.1) is 29.3 Å². The molecule has 1 fully saturated rings. The van der Waals surface area contributed by atoms with Gasteiger partial charge in [-0.1, -0.05) is 43.2 Å². The summed E-state index contributed by atoms with van der Waals surface area (Å²) in [6.07, 6.45) is 5.73. The van der Waals surface area contributed by atoms with Gasteiger partial charge in [-0.05, 0) is 31.9 Å². The summed E-state index contributed by atoms with van der Waals surface area (Å²) in [6.45, 7) is 2.33. The first-order valence-corrected chi connectivity index (χ1v) is 10.5. The molecule has 1 aromatic carbocycles. The van der Waals surface area contributed by atoms with Gasteiger partial charge in [0.15, 0.2) is 5.16 Å². The molecule has 1 amide bonds. The van der Waals surface area contributed by atoms with Crippen LogP contribution in [0.15, 0.2) is 34.2 Å². The molecule has 1 aromatic heterocycles. The average molecular weight is 390 g/mol. The van der Waals surface area contributed by atoms with Crippen molar-refractivity contribution in [2.45, 2.75) is 56.3 Å². The highest BCUT2D eigenvalue weighted by Gasteiger charge is 2.19. The van der Waals surface area contributed by atoms with E-state index >= 15 is 0 Å². The molecule has 1 N–H and O–H groups in total. The van der Waals surface area contributed by atoms with E-state index in [4.69, 9.17) is 4.74 Å². The standard InChI is InChI=1S/C20H27N3O3S/c1-14(12-26-2)23-19(25)16-10-6-7-11-17(16)22-20(23)27-13-18(24)21-15-8-4-3-5-9-15/h6-7,10-11,14-15H,3-5,8-9,12-13H2,1-2H3,(H,21,24)/t14-/m0/s1. The zero-order chi connectivity index (χ0) is 19.2. The number of carbonyl (C=O) groups is 1. The molecule has 6 nitrogen and oxygen atoms in total. The van der Waals surface area contributed by atoms with Gasteiger partial charge < -0.3 is 10.1 Å². The summed E-state index contributed by atoms with van der Waals surface area (Å²) >= 11 is 1.31. The Morgan fingerprint density at radius 2 is 2.07 bits per heavy atom. The van der Waals surface area contributed by atoms with E-state index in [2.05, 4.69) is 10.3 Å². The maximum absolute atomic E-state index is 13.0. The predicted molar refractivity (Wildman–Crippen MR) is 108 cm³/mol. The van der Waals surface area contributed by atoms with Crippen molar-refractivity contribution >= 4 is 28.6 Å². The minimum atomic E-state index is -0.163. The number of hydrogen-bond donors (Lipinski definition) is 1. The van der Waals surface area contributed by atoms with Crippen LogP contribution in [-0.2, 0) is 9.53 Å². The monoisotopic (exact) mass is 389 g/mol. The van der Waals surface area contributed by atoms with Gasteiger partial charge in [0.1, 0.15) is 0 Å². The Balaban J connectivity index is 1.80. The molecule has 1 saturated carbocycles. The second kappa shape index (κ2) is 9.37. The molecule has 0 saturated heterocycles. The van der Waals surface area contributed by atoms with E-state index in [1.54, 1.807) is 17.7 Å². The van der Waals surface area contributed by atoms with Crippen LogP contribution in [0.2, 0.25) is 0 Å². The van der Waals surface area contributed by atoms with E-state index < -0.39 is 0 Å². The third kappa shape index (κ3) is 4.90. The molecule has 0 aliphatic heterocycles. The average Bonchev–Trinajstić information content (AvgIpc) is 2.67. The van der Waals surface area contributed by atoms with Gasteiger partial charge in [-0.25, -0.2) is 4.98 Å². The molecular formula is C20H27N3O3S. The highest BCUT2D eigenvalue weighted by atomic mass is 32.2. The van der Waals surface area contributed by atoms with E-state index in [0.29, 0.717) is 22.7 Å². The lowest BCUT2D eigenvalue weighted by atomic mass is 9.95. The highest BCUT2D eigenvalue weighted by molar-refractivity contribution is 7.99. The second-order valence-corrected chi connectivity index (χ2v) is 8.02. The normalized spacial score (nSPS) is 16.4. The summed E-state index contributed by atoms with van der Waals surface area (Å²) in [5.74, 6) is 0.251. The van der Waals surface area contributed by atoms with Crippen molar-refractivity contribution in [2.24, 2.45) is 0 Å². The number of ether oxygens (including phenoxy) is 1. The maximum atomic E-state index is 13.0. The number of hydrogen-bond acceptors (Lipinski definition) is 5. The Hall–Kier alpha value is -1.86. The fourth-order valence-electron chi connectivity index (χ4n) is 3.58. The molecule has 0 spiro atoms. The Morgan fingerprint density at radius 1 is 1.33 bits per heavy atom. The predicted octanol–water partition coefficient (Wildman–Crippen LogP) is 3.14. The van der Waals surface area contributed by atoms with Gasteiger partial charge in [0, 0.05) is 13.2 Å². The topological polar surface area (TPSA) is 73.2 Å². The number of fused-ring (bicyclic) bond motifs is 1. The summed E-state index contributed by atoms with van der Waals surface area (Å²) in [5, 5.41) is 4.25. The molecule has 0 bridgehead atoms. The van der Waals surface area contributed by atoms with Crippen molar-refractivity contribution in [3.05, 3.63) is 34.6 Å². The molecule has 2 aromatic rings. The van der Waals surface area contributed by atoms with E-state index in [-0.39, 0.29) is 29.3 Å². The lowest BCUT2D eigenvalue weighted by Gasteiger charge is -2.23. The van der Waals surface area contributed by atoms with Crippen molar-refractivity contribution in [3.8, 4) is 0 Å². The molecule has 146 valence electrons. The van der Waals surface area contributed by atoms with Crippen LogP contribution >= 0.6 is 11.8 Å².